The van der Waals surface area contributed by atoms with Crippen molar-refractivity contribution in [3.63, 3.8) is 0 Å². The van der Waals surface area contributed by atoms with Crippen molar-refractivity contribution in [1.82, 2.24) is 4.98 Å². The van der Waals surface area contributed by atoms with Crippen molar-refractivity contribution in [3.05, 3.63) is 24.4 Å². The molecular weight excluding hydrogens is 166 g/mol. The second-order valence-electron chi connectivity index (χ2n) is 2.80. The van der Waals surface area contributed by atoms with Crippen LogP contribution in [0, 0.1) is 0 Å². The van der Waals surface area contributed by atoms with E-state index >= 15 is 0 Å². The summed E-state index contributed by atoms with van der Waals surface area (Å²) in [6.07, 6.45) is 1.63. The van der Waals surface area contributed by atoms with Crippen molar-refractivity contribution >= 4 is 22.3 Å². The Hall–Kier alpha value is -1.97. The molecule has 0 bridgehead atoms. The van der Waals surface area contributed by atoms with Gasteiger partial charge < -0.3 is 16.6 Å². The second kappa shape index (κ2) is 2.52. The van der Waals surface area contributed by atoms with E-state index in [0.29, 0.717) is 22.3 Å². The highest BCUT2D eigenvalue weighted by atomic mass is 16.3. The molecule has 0 fully saturated rings. The summed E-state index contributed by atoms with van der Waals surface area (Å²) >= 11 is 0. The summed E-state index contributed by atoms with van der Waals surface area (Å²) in [5, 5.41) is 10.0. The lowest BCUT2D eigenvalue weighted by atomic mass is 10.1. The van der Waals surface area contributed by atoms with Crippen LogP contribution in [0.25, 0.3) is 10.9 Å². The molecule has 0 aliphatic heterocycles. The number of hydrogen-bond donors (Lipinski definition) is 3. The van der Waals surface area contributed by atoms with E-state index < -0.39 is 0 Å². The third-order valence-electron chi connectivity index (χ3n) is 1.94. The summed E-state index contributed by atoms with van der Waals surface area (Å²) in [4.78, 5) is 4.07. The van der Waals surface area contributed by atoms with Crippen LogP contribution in [0.2, 0.25) is 0 Å². The fourth-order valence-corrected chi connectivity index (χ4v) is 1.28. The molecule has 2 aromatic rings. The number of nitrogens with two attached hydrogens (primary N) is 2. The van der Waals surface area contributed by atoms with Gasteiger partial charge in [0.25, 0.3) is 0 Å². The van der Waals surface area contributed by atoms with Crippen molar-refractivity contribution in [2.45, 2.75) is 0 Å². The third-order valence-corrected chi connectivity index (χ3v) is 1.94. The highest BCUT2D eigenvalue weighted by Crippen LogP contribution is 2.32. The number of hydrogen-bond acceptors (Lipinski definition) is 4. The summed E-state index contributed by atoms with van der Waals surface area (Å²) in [6, 6.07) is 4.93. The van der Waals surface area contributed by atoms with E-state index in [2.05, 4.69) is 4.98 Å². The number of phenols is 1. The Morgan fingerprint density at radius 2 is 2.08 bits per heavy atom. The lowest BCUT2D eigenvalue weighted by molar-refractivity contribution is 0.479. The number of phenolic OH excluding ortho intramolecular Hbond substituents is 1. The molecule has 13 heavy (non-hydrogen) atoms. The van der Waals surface area contributed by atoms with E-state index in [0.717, 1.165) is 0 Å². The Morgan fingerprint density at radius 1 is 1.31 bits per heavy atom. The quantitative estimate of drug-likeness (QED) is 0.413. The first-order valence-electron chi connectivity index (χ1n) is 3.82. The van der Waals surface area contributed by atoms with Crippen LogP contribution in [-0.4, -0.2) is 10.1 Å². The van der Waals surface area contributed by atoms with Crippen LogP contribution < -0.4 is 11.5 Å². The molecule has 5 N–H and O–H groups in total. The van der Waals surface area contributed by atoms with Crippen molar-refractivity contribution in [3.8, 4) is 5.75 Å². The van der Waals surface area contributed by atoms with E-state index in [1.54, 1.807) is 18.3 Å². The summed E-state index contributed by atoms with van der Waals surface area (Å²) in [5.41, 5.74) is 12.7. The highest BCUT2D eigenvalue weighted by Gasteiger charge is 2.06. The topological polar surface area (TPSA) is 85.2 Å². The van der Waals surface area contributed by atoms with Crippen molar-refractivity contribution < 1.29 is 5.11 Å². The van der Waals surface area contributed by atoms with E-state index in [4.69, 9.17) is 11.5 Å². The van der Waals surface area contributed by atoms with Gasteiger partial charge >= 0.3 is 0 Å². The molecule has 1 heterocycles. The lowest BCUT2D eigenvalue weighted by Crippen LogP contribution is -1.94. The van der Waals surface area contributed by atoms with Gasteiger partial charge in [0.2, 0.25) is 0 Å². The maximum absolute atomic E-state index is 9.37. The Kier molecular flexibility index (Phi) is 1.48. The first-order chi connectivity index (χ1) is 6.20. The summed E-state index contributed by atoms with van der Waals surface area (Å²) in [7, 11) is 0. The number of aromatic nitrogens is 1. The van der Waals surface area contributed by atoms with E-state index in [1.165, 1.54) is 6.07 Å². The van der Waals surface area contributed by atoms with Gasteiger partial charge in [-0.25, -0.2) is 0 Å². The number of rotatable bonds is 0. The molecule has 0 spiro atoms. The molecule has 0 saturated carbocycles. The van der Waals surface area contributed by atoms with Crippen LogP contribution in [-0.2, 0) is 0 Å². The van der Waals surface area contributed by atoms with Crippen LogP contribution in [0.5, 0.6) is 5.75 Å². The van der Waals surface area contributed by atoms with Crippen molar-refractivity contribution in [2.75, 3.05) is 11.5 Å². The first-order valence-corrected chi connectivity index (χ1v) is 3.82. The average molecular weight is 175 g/mol. The Labute approximate surface area is 74.8 Å². The van der Waals surface area contributed by atoms with Gasteiger partial charge in [0.05, 0.1) is 16.9 Å². The van der Waals surface area contributed by atoms with Gasteiger partial charge in [0, 0.05) is 17.6 Å². The van der Waals surface area contributed by atoms with Crippen molar-refractivity contribution in [1.29, 1.82) is 0 Å². The monoisotopic (exact) mass is 175 g/mol. The van der Waals surface area contributed by atoms with Crippen LogP contribution in [0.3, 0.4) is 0 Å². The molecule has 4 nitrogen and oxygen atoms in total. The van der Waals surface area contributed by atoms with Crippen molar-refractivity contribution in [2.24, 2.45) is 0 Å². The predicted octanol–water partition coefficient (Wildman–Crippen LogP) is 1.10. The summed E-state index contributed by atoms with van der Waals surface area (Å²) in [6.45, 7) is 0. The maximum Gasteiger partial charge on any atom is 0.141 e. The highest BCUT2D eigenvalue weighted by molar-refractivity contribution is 6.00. The number of anilines is 2. The summed E-state index contributed by atoms with van der Waals surface area (Å²) < 4.78 is 0. The fraction of sp³-hybridized carbons (Fsp3) is 0. The normalized spacial score (nSPS) is 10.5. The molecule has 0 radical (unpaired) electrons. The Bertz CT molecular complexity index is 468. The molecule has 4 heteroatoms. The van der Waals surface area contributed by atoms with Gasteiger partial charge in [-0.15, -0.1) is 0 Å². The van der Waals surface area contributed by atoms with Gasteiger partial charge in [-0.3, -0.25) is 4.98 Å². The molecule has 0 unspecified atom stereocenters. The lowest BCUT2D eigenvalue weighted by Gasteiger charge is -2.05. The van der Waals surface area contributed by atoms with Gasteiger partial charge in [0.15, 0.2) is 0 Å². The minimum atomic E-state index is -0.00185. The molecule has 0 aliphatic rings. The predicted molar refractivity (Wildman–Crippen MR) is 52.2 cm³/mol. The number of benzene rings is 1. The number of fused-ring (bicyclic) bond motifs is 1. The molecule has 0 saturated heterocycles. The van der Waals surface area contributed by atoms with Gasteiger partial charge in [-0.1, -0.05) is 0 Å². The van der Waals surface area contributed by atoms with E-state index in [1.807, 2.05) is 0 Å². The molecule has 66 valence electrons. The number of aromatic hydroxyl groups is 1. The Morgan fingerprint density at radius 3 is 2.85 bits per heavy atom. The zero-order chi connectivity index (χ0) is 9.42. The summed E-state index contributed by atoms with van der Waals surface area (Å²) in [5.74, 6) is -0.00185. The van der Waals surface area contributed by atoms with Gasteiger partial charge in [-0.05, 0) is 12.1 Å². The van der Waals surface area contributed by atoms with E-state index in [-0.39, 0.29) is 5.75 Å². The van der Waals surface area contributed by atoms with Crippen LogP contribution in [0.4, 0.5) is 11.4 Å². The SMILES string of the molecule is Nc1c(O)cc(N)c2ncccc12. The van der Waals surface area contributed by atoms with Crippen LogP contribution in [0.15, 0.2) is 24.4 Å². The van der Waals surface area contributed by atoms with Gasteiger partial charge in [0.1, 0.15) is 5.75 Å². The largest absolute Gasteiger partial charge is 0.506 e. The van der Waals surface area contributed by atoms with E-state index in [9.17, 15) is 5.11 Å². The smallest absolute Gasteiger partial charge is 0.141 e. The number of pyridine rings is 1. The minimum absolute atomic E-state index is 0.00185. The van der Waals surface area contributed by atoms with Gasteiger partial charge in [-0.2, -0.15) is 0 Å². The molecule has 1 aromatic carbocycles. The molecule has 0 aliphatic carbocycles. The first kappa shape index (κ1) is 7.67. The molecule has 0 amide bonds. The molecular formula is C9H9N3O. The zero-order valence-electron chi connectivity index (χ0n) is 6.86. The minimum Gasteiger partial charge on any atom is -0.506 e. The zero-order valence-corrected chi connectivity index (χ0v) is 6.86. The molecule has 2 rings (SSSR count). The second-order valence-corrected chi connectivity index (χ2v) is 2.80. The number of nitrogen functional groups attached to an aromatic ring is 2. The average Bonchev–Trinajstić information content (AvgIpc) is 2.15. The third kappa shape index (κ3) is 1.03. The van der Waals surface area contributed by atoms with Crippen LogP contribution >= 0.6 is 0 Å². The molecule has 0 atom stereocenters. The molecule has 1 aromatic heterocycles. The standard InChI is InChI=1S/C9H9N3O/c10-6-4-7(13)8(11)5-2-1-3-12-9(5)6/h1-4,13H,10-11H2. The fourth-order valence-electron chi connectivity index (χ4n) is 1.28. The number of nitrogens with zero attached hydrogens (tertiary/aromatic N) is 1. The maximum atomic E-state index is 9.37. The Balaban J connectivity index is 2.97. The van der Waals surface area contributed by atoms with Crippen LogP contribution in [0.1, 0.15) is 0 Å².